The molecule has 0 spiro atoms. The van der Waals surface area contributed by atoms with E-state index in [1.54, 1.807) is 6.92 Å². The maximum Gasteiger partial charge on any atom is 0.350 e. The molecule has 0 aliphatic carbocycles. The summed E-state index contributed by atoms with van der Waals surface area (Å²) in [5.74, 6) is -0.00198. The molecule has 2 heterocycles. The minimum Gasteiger partial charge on any atom is -0.486 e. The fourth-order valence-electron chi connectivity index (χ4n) is 2.74. The van der Waals surface area contributed by atoms with Crippen molar-refractivity contribution in [3.8, 4) is 5.75 Å². The minimum absolute atomic E-state index is 0.286. The Morgan fingerprint density at radius 1 is 1.03 bits per heavy atom. The molecule has 7 nitrogen and oxygen atoms in total. The minimum atomic E-state index is -0.453. The molecule has 0 bridgehead atoms. The molecule has 0 aliphatic heterocycles. The second-order valence-electron chi connectivity index (χ2n) is 6.40. The average molecular weight is 446 g/mol. The Labute approximate surface area is 183 Å². The van der Waals surface area contributed by atoms with Gasteiger partial charge in [0.05, 0.1) is 18.5 Å². The molecule has 3 aromatic rings. The van der Waals surface area contributed by atoms with Gasteiger partial charge < -0.3 is 9.47 Å². The van der Waals surface area contributed by atoms with E-state index in [-0.39, 0.29) is 12.5 Å². The molecule has 0 saturated carbocycles. The van der Waals surface area contributed by atoms with Crippen LogP contribution < -0.4 is 10.1 Å². The monoisotopic (exact) mass is 445 g/mol. The van der Waals surface area contributed by atoms with Crippen molar-refractivity contribution in [2.24, 2.45) is 0 Å². The number of esters is 1. The van der Waals surface area contributed by atoms with Crippen LogP contribution in [0.15, 0.2) is 24.3 Å². The molecule has 1 aromatic carbocycles. The third-order valence-corrected chi connectivity index (χ3v) is 6.49. The van der Waals surface area contributed by atoms with Crippen molar-refractivity contribution in [2.75, 3.05) is 12.4 Å². The number of aryl methyl sites for hydroxylation is 3. The smallest absolute Gasteiger partial charge is 0.350 e. The van der Waals surface area contributed by atoms with Crippen LogP contribution in [-0.4, -0.2) is 29.0 Å². The second-order valence-corrected chi connectivity index (χ2v) is 8.49. The fraction of sp³-hybridized carbons (Fsp3) is 0.333. The van der Waals surface area contributed by atoms with Gasteiger partial charge in [-0.15, -0.1) is 11.3 Å². The molecule has 1 N–H and O–H groups in total. The number of carbonyl (C=O) groups excluding carboxylic acids is 2. The Hall–Kier alpha value is -2.78. The van der Waals surface area contributed by atoms with Crippen LogP contribution in [0.2, 0.25) is 0 Å². The summed E-state index contributed by atoms with van der Waals surface area (Å²) in [7, 11) is 1.32. The fourth-order valence-corrected chi connectivity index (χ4v) is 4.58. The van der Waals surface area contributed by atoms with Crippen molar-refractivity contribution in [3.05, 3.63) is 56.0 Å². The van der Waals surface area contributed by atoms with Crippen LogP contribution in [0.4, 0.5) is 5.13 Å². The molecular formula is C21H23N3O4S2. The standard InChI is InChI=1S/C21H23N3O4S2/c1-5-13-7-9-14(10-8-13)28-11-16-22-12(3)17(29-16)19(25)24-21-23-15(6-2)18(30-21)20(26)27-4/h7-10H,5-6,11H2,1-4H3,(H,23,24,25). The Morgan fingerprint density at radius 3 is 2.40 bits per heavy atom. The van der Waals surface area contributed by atoms with Gasteiger partial charge in [-0.1, -0.05) is 37.3 Å². The molecular weight excluding hydrogens is 422 g/mol. The van der Waals surface area contributed by atoms with E-state index in [1.807, 2.05) is 31.2 Å². The van der Waals surface area contributed by atoms with E-state index < -0.39 is 5.97 Å². The number of rotatable bonds is 8. The first-order chi connectivity index (χ1) is 14.4. The third-order valence-electron chi connectivity index (χ3n) is 4.36. The van der Waals surface area contributed by atoms with Gasteiger partial charge in [0.2, 0.25) is 0 Å². The van der Waals surface area contributed by atoms with Crippen LogP contribution in [-0.2, 0) is 24.2 Å². The Bertz CT molecular complexity index is 1040. The molecule has 1 amide bonds. The Morgan fingerprint density at radius 2 is 1.77 bits per heavy atom. The largest absolute Gasteiger partial charge is 0.486 e. The summed E-state index contributed by atoms with van der Waals surface area (Å²) in [4.78, 5) is 34.2. The highest BCUT2D eigenvalue weighted by molar-refractivity contribution is 7.18. The molecule has 0 fully saturated rings. The number of thiazole rings is 2. The molecule has 0 atom stereocenters. The van der Waals surface area contributed by atoms with Gasteiger partial charge in [0.1, 0.15) is 27.1 Å². The summed E-state index contributed by atoms with van der Waals surface area (Å²) in [5.41, 5.74) is 2.47. The summed E-state index contributed by atoms with van der Waals surface area (Å²) < 4.78 is 10.6. The number of anilines is 1. The van der Waals surface area contributed by atoms with E-state index in [0.29, 0.717) is 37.7 Å². The summed E-state index contributed by atoms with van der Waals surface area (Å²) >= 11 is 2.38. The molecule has 0 radical (unpaired) electrons. The van der Waals surface area contributed by atoms with Crippen molar-refractivity contribution in [2.45, 2.75) is 40.2 Å². The van der Waals surface area contributed by atoms with Crippen molar-refractivity contribution >= 4 is 39.7 Å². The highest BCUT2D eigenvalue weighted by atomic mass is 32.1. The van der Waals surface area contributed by atoms with Gasteiger partial charge in [-0.05, 0) is 37.5 Å². The number of ether oxygens (including phenoxy) is 2. The van der Waals surface area contributed by atoms with E-state index in [0.717, 1.165) is 23.5 Å². The van der Waals surface area contributed by atoms with Crippen molar-refractivity contribution in [1.29, 1.82) is 0 Å². The van der Waals surface area contributed by atoms with Crippen molar-refractivity contribution < 1.29 is 19.1 Å². The zero-order valence-electron chi connectivity index (χ0n) is 17.3. The Balaban J connectivity index is 1.67. The lowest BCUT2D eigenvalue weighted by atomic mass is 10.2. The number of hydrogen-bond acceptors (Lipinski definition) is 8. The van der Waals surface area contributed by atoms with Crippen LogP contribution in [0.1, 0.15) is 55.1 Å². The van der Waals surface area contributed by atoms with Gasteiger partial charge >= 0.3 is 5.97 Å². The average Bonchev–Trinajstić information content (AvgIpc) is 3.34. The topological polar surface area (TPSA) is 90.4 Å². The summed E-state index contributed by atoms with van der Waals surface area (Å²) in [6, 6.07) is 7.92. The van der Waals surface area contributed by atoms with Crippen molar-refractivity contribution in [3.63, 3.8) is 0 Å². The first-order valence-electron chi connectivity index (χ1n) is 9.52. The first kappa shape index (κ1) is 21.9. The number of carbonyl (C=O) groups is 2. The zero-order chi connectivity index (χ0) is 21.7. The van der Waals surface area contributed by atoms with Crippen LogP contribution in [0.5, 0.6) is 5.75 Å². The molecule has 30 heavy (non-hydrogen) atoms. The highest BCUT2D eigenvalue weighted by Gasteiger charge is 2.21. The second kappa shape index (κ2) is 9.82. The highest BCUT2D eigenvalue weighted by Crippen LogP contribution is 2.27. The number of amides is 1. The molecule has 0 aliphatic rings. The number of nitrogens with zero attached hydrogens (tertiary/aromatic N) is 2. The Kier molecular flexibility index (Phi) is 7.17. The number of aromatic nitrogens is 2. The normalized spacial score (nSPS) is 10.7. The summed E-state index contributed by atoms with van der Waals surface area (Å²) in [5, 5.41) is 3.83. The maximum atomic E-state index is 12.7. The summed E-state index contributed by atoms with van der Waals surface area (Å²) in [6.07, 6.45) is 1.54. The predicted octanol–water partition coefficient (Wildman–Crippen LogP) is 4.65. The summed E-state index contributed by atoms with van der Waals surface area (Å²) in [6.45, 7) is 6.06. The van der Waals surface area contributed by atoms with E-state index in [2.05, 4.69) is 22.2 Å². The van der Waals surface area contributed by atoms with Crippen molar-refractivity contribution in [1.82, 2.24) is 9.97 Å². The van der Waals surface area contributed by atoms with Crippen LogP contribution in [0.25, 0.3) is 0 Å². The van der Waals surface area contributed by atoms with Crippen LogP contribution >= 0.6 is 22.7 Å². The zero-order valence-corrected chi connectivity index (χ0v) is 18.9. The third kappa shape index (κ3) is 5.03. The van der Waals surface area contributed by atoms with Crippen LogP contribution in [0.3, 0.4) is 0 Å². The lowest BCUT2D eigenvalue weighted by Gasteiger charge is -2.04. The predicted molar refractivity (Wildman–Crippen MR) is 118 cm³/mol. The molecule has 0 saturated heterocycles. The van der Waals surface area contributed by atoms with Crippen LogP contribution in [0, 0.1) is 6.92 Å². The quantitative estimate of drug-likeness (QED) is 0.508. The lowest BCUT2D eigenvalue weighted by molar-refractivity contribution is 0.0604. The maximum absolute atomic E-state index is 12.7. The van der Waals surface area contributed by atoms with E-state index in [1.165, 1.54) is 24.0 Å². The number of hydrogen-bond donors (Lipinski definition) is 1. The van der Waals surface area contributed by atoms with Gasteiger partial charge in [0, 0.05) is 0 Å². The molecule has 9 heteroatoms. The molecule has 3 rings (SSSR count). The number of benzene rings is 1. The van der Waals surface area contributed by atoms with E-state index in [4.69, 9.17) is 9.47 Å². The van der Waals surface area contributed by atoms with Gasteiger partial charge in [0.25, 0.3) is 5.91 Å². The van der Waals surface area contributed by atoms with E-state index in [9.17, 15) is 9.59 Å². The molecule has 0 unspecified atom stereocenters. The molecule has 158 valence electrons. The van der Waals surface area contributed by atoms with Gasteiger partial charge in [-0.2, -0.15) is 0 Å². The SMILES string of the molecule is CCc1ccc(OCc2nc(C)c(C(=O)Nc3nc(CC)c(C(=O)OC)s3)s2)cc1. The van der Waals surface area contributed by atoms with Gasteiger partial charge in [0.15, 0.2) is 5.13 Å². The lowest BCUT2D eigenvalue weighted by Crippen LogP contribution is -2.11. The molecule has 2 aromatic heterocycles. The van der Waals surface area contributed by atoms with E-state index >= 15 is 0 Å². The van der Waals surface area contributed by atoms with Gasteiger partial charge in [-0.25, -0.2) is 14.8 Å². The first-order valence-corrected chi connectivity index (χ1v) is 11.2. The number of methoxy groups -OCH3 is 1. The van der Waals surface area contributed by atoms with Gasteiger partial charge in [-0.3, -0.25) is 10.1 Å². The number of nitrogens with one attached hydrogen (secondary N) is 1.